The first-order chi connectivity index (χ1) is 11.4. The Morgan fingerprint density at radius 3 is 2.42 bits per heavy atom. The van der Waals surface area contributed by atoms with Crippen molar-refractivity contribution in [1.82, 2.24) is 0 Å². The molecule has 2 amide bonds. The molecule has 0 atom stereocenters. The van der Waals surface area contributed by atoms with Crippen LogP contribution in [0.4, 0.5) is 11.4 Å². The van der Waals surface area contributed by atoms with Gasteiger partial charge in [-0.25, -0.2) is 0 Å². The van der Waals surface area contributed by atoms with E-state index in [-0.39, 0.29) is 23.4 Å². The van der Waals surface area contributed by atoms with Crippen LogP contribution in [0.15, 0.2) is 48.5 Å². The van der Waals surface area contributed by atoms with Gasteiger partial charge in [0.25, 0.3) is 5.91 Å². The third-order valence-electron chi connectivity index (χ3n) is 2.98. The highest BCUT2D eigenvalue weighted by Crippen LogP contribution is 2.16. The summed E-state index contributed by atoms with van der Waals surface area (Å²) in [4.78, 5) is 23.1. The lowest BCUT2D eigenvalue weighted by Crippen LogP contribution is -2.20. The Balaban J connectivity index is 1.88. The largest absolute Gasteiger partial charge is 0.484 e. The van der Waals surface area contributed by atoms with Crippen molar-refractivity contribution >= 4 is 40.4 Å². The van der Waals surface area contributed by atoms with Gasteiger partial charge in [-0.2, -0.15) is 0 Å². The average molecular weight is 343 g/mol. The number of rotatable bonds is 6. The molecule has 0 aliphatic heterocycles. The van der Waals surface area contributed by atoms with Crippen molar-refractivity contribution in [1.29, 1.82) is 0 Å². The number of thiocarbonyl (C=S) groups is 1. The Hall–Kier alpha value is -2.93. The van der Waals surface area contributed by atoms with Crippen LogP contribution in [0.3, 0.4) is 0 Å². The molecule has 4 N–H and O–H groups in total. The number of carbonyl (C=O) groups excluding carboxylic acids is 2. The van der Waals surface area contributed by atoms with E-state index in [4.69, 9.17) is 22.7 Å². The van der Waals surface area contributed by atoms with E-state index in [1.54, 1.807) is 48.5 Å². The van der Waals surface area contributed by atoms with Gasteiger partial charge in [0, 0.05) is 23.9 Å². The summed E-state index contributed by atoms with van der Waals surface area (Å²) < 4.78 is 5.40. The van der Waals surface area contributed by atoms with Crippen LogP contribution in [-0.2, 0) is 9.59 Å². The Morgan fingerprint density at radius 1 is 1.08 bits per heavy atom. The Kier molecular flexibility index (Phi) is 5.86. The van der Waals surface area contributed by atoms with Gasteiger partial charge < -0.3 is 21.1 Å². The van der Waals surface area contributed by atoms with Crippen molar-refractivity contribution in [2.24, 2.45) is 5.73 Å². The molecule has 0 bridgehead atoms. The summed E-state index contributed by atoms with van der Waals surface area (Å²) in [6, 6.07) is 13.7. The van der Waals surface area contributed by atoms with Crippen LogP contribution >= 0.6 is 12.2 Å². The molecule has 2 aromatic rings. The lowest BCUT2D eigenvalue weighted by atomic mass is 10.2. The van der Waals surface area contributed by atoms with E-state index >= 15 is 0 Å². The van der Waals surface area contributed by atoms with Crippen LogP contribution in [0, 0.1) is 0 Å². The predicted octanol–water partition coefficient (Wildman–Crippen LogP) is 2.30. The maximum absolute atomic E-state index is 11.9. The zero-order valence-electron chi connectivity index (χ0n) is 13.0. The molecule has 0 saturated heterocycles. The molecule has 0 radical (unpaired) electrons. The molecule has 0 aromatic heterocycles. The molecular formula is C17H17N3O3S. The number of hydrogen-bond donors (Lipinski definition) is 3. The topological polar surface area (TPSA) is 93.4 Å². The Bertz CT molecular complexity index is 760. The molecule has 2 rings (SSSR count). The number of nitrogens with two attached hydrogens (primary N) is 1. The van der Waals surface area contributed by atoms with E-state index in [9.17, 15) is 9.59 Å². The van der Waals surface area contributed by atoms with Crippen LogP contribution in [-0.4, -0.2) is 23.4 Å². The molecule has 0 heterocycles. The fraction of sp³-hybridized carbons (Fsp3) is 0.118. The molecule has 6 nitrogen and oxygen atoms in total. The standard InChI is InChI=1S/C17H17N3O3S/c1-11(21)19-13-5-7-15(8-6-13)23-10-16(22)20-14-4-2-3-12(9-14)17(18)24/h2-9H,10H2,1H3,(H2,18,24)(H,19,21)(H,20,22). The van der Waals surface area contributed by atoms with Crippen molar-refractivity contribution in [2.45, 2.75) is 6.92 Å². The Morgan fingerprint density at radius 2 is 1.79 bits per heavy atom. The van der Waals surface area contributed by atoms with Gasteiger partial charge in [0.2, 0.25) is 5.91 Å². The zero-order valence-corrected chi connectivity index (χ0v) is 13.9. The van der Waals surface area contributed by atoms with Crippen molar-refractivity contribution in [2.75, 3.05) is 17.2 Å². The minimum Gasteiger partial charge on any atom is -0.484 e. The van der Waals surface area contributed by atoms with Gasteiger partial charge in [-0.3, -0.25) is 9.59 Å². The van der Waals surface area contributed by atoms with Crippen molar-refractivity contribution in [3.63, 3.8) is 0 Å². The van der Waals surface area contributed by atoms with E-state index < -0.39 is 0 Å². The summed E-state index contributed by atoms with van der Waals surface area (Å²) in [7, 11) is 0. The highest BCUT2D eigenvalue weighted by Gasteiger charge is 2.05. The monoisotopic (exact) mass is 343 g/mol. The number of ether oxygens (including phenoxy) is 1. The normalized spacial score (nSPS) is 9.88. The molecule has 0 fully saturated rings. The molecule has 7 heteroatoms. The maximum atomic E-state index is 11.9. The number of hydrogen-bond acceptors (Lipinski definition) is 4. The van der Waals surface area contributed by atoms with Crippen LogP contribution < -0.4 is 21.1 Å². The second kappa shape index (κ2) is 8.07. The third-order valence-corrected chi connectivity index (χ3v) is 3.21. The second-order valence-electron chi connectivity index (χ2n) is 4.99. The average Bonchev–Trinajstić information content (AvgIpc) is 2.54. The minimum absolute atomic E-state index is 0.142. The number of anilines is 2. The summed E-state index contributed by atoms with van der Waals surface area (Å²) in [5, 5.41) is 5.36. The quantitative estimate of drug-likeness (QED) is 0.700. The minimum atomic E-state index is -0.305. The van der Waals surface area contributed by atoms with Gasteiger partial charge in [-0.1, -0.05) is 24.4 Å². The summed E-state index contributed by atoms with van der Waals surface area (Å²) >= 11 is 4.90. The maximum Gasteiger partial charge on any atom is 0.262 e. The molecule has 0 aliphatic carbocycles. The summed E-state index contributed by atoms with van der Waals surface area (Å²) in [6.07, 6.45) is 0. The molecule has 24 heavy (non-hydrogen) atoms. The molecule has 2 aromatic carbocycles. The van der Waals surface area contributed by atoms with Crippen molar-refractivity contribution < 1.29 is 14.3 Å². The van der Waals surface area contributed by atoms with Crippen molar-refractivity contribution in [3.8, 4) is 5.75 Å². The van der Waals surface area contributed by atoms with Gasteiger partial charge in [0.15, 0.2) is 6.61 Å². The van der Waals surface area contributed by atoms with Gasteiger partial charge in [0.05, 0.1) is 0 Å². The van der Waals surface area contributed by atoms with Crippen LogP contribution in [0.1, 0.15) is 12.5 Å². The predicted molar refractivity (Wildman–Crippen MR) is 97.2 cm³/mol. The van der Waals surface area contributed by atoms with E-state index in [2.05, 4.69) is 10.6 Å². The fourth-order valence-corrected chi connectivity index (χ4v) is 2.06. The number of benzene rings is 2. The first-order valence-electron chi connectivity index (χ1n) is 7.14. The third kappa shape index (κ3) is 5.36. The van der Waals surface area contributed by atoms with Gasteiger partial charge in [-0.15, -0.1) is 0 Å². The van der Waals surface area contributed by atoms with E-state index in [1.165, 1.54) is 6.92 Å². The SMILES string of the molecule is CC(=O)Nc1ccc(OCC(=O)Nc2cccc(C(N)=S)c2)cc1. The summed E-state index contributed by atoms with van der Waals surface area (Å²) in [5.41, 5.74) is 7.49. The summed E-state index contributed by atoms with van der Waals surface area (Å²) in [6.45, 7) is 1.29. The Labute approximate surface area is 145 Å². The smallest absolute Gasteiger partial charge is 0.262 e. The molecule has 124 valence electrons. The van der Waals surface area contributed by atoms with Crippen LogP contribution in [0.2, 0.25) is 0 Å². The molecule has 0 spiro atoms. The highest BCUT2D eigenvalue weighted by molar-refractivity contribution is 7.80. The van der Waals surface area contributed by atoms with Gasteiger partial charge in [-0.05, 0) is 36.4 Å². The summed E-state index contributed by atoms with van der Waals surface area (Å²) in [5.74, 6) is 0.0689. The zero-order chi connectivity index (χ0) is 17.5. The number of carbonyl (C=O) groups is 2. The molecule has 0 unspecified atom stereocenters. The fourth-order valence-electron chi connectivity index (χ4n) is 1.93. The van der Waals surface area contributed by atoms with Gasteiger partial charge >= 0.3 is 0 Å². The first-order valence-corrected chi connectivity index (χ1v) is 7.55. The lowest BCUT2D eigenvalue weighted by molar-refractivity contribution is -0.118. The number of nitrogens with one attached hydrogen (secondary N) is 2. The molecule has 0 saturated carbocycles. The van der Waals surface area contributed by atoms with E-state index in [0.29, 0.717) is 22.7 Å². The van der Waals surface area contributed by atoms with E-state index in [0.717, 1.165) is 0 Å². The molecular weight excluding hydrogens is 326 g/mol. The second-order valence-corrected chi connectivity index (χ2v) is 5.43. The van der Waals surface area contributed by atoms with Crippen LogP contribution in [0.25, 0.3) is 0 Å². The lowest BCUT2D eigenvalue weighted by Gasteiger charge is -2.09. The van der Waals surface area contributed by atoms with Crippen LogP contribution in [0.5, 0.6) is 5.75 Å². The van der Waals surface area contributed by atoms with Gasteiger partial charge in [0.1, 0.15) is 10.7 Å². The van der Waals surface area contributed by atoms with E-state index in [1.807, 2.05) is 0 Å². The highest BCUT2D eigenvalue weighted by atomic mass is 32.1. The van der Waals surface area contributed by atoms with Crippen molar-refractivity contribution in [3.05, 3.63) is 54.1 Å². The number of amides is 2. The molecule has 0 aliphatic rings. The first kappa shape index (κ1) is 17.4.